The number of thiocarbonyl (C=S) groups is 1. The van der Waals surface area contributed by atoms with E-state index in [-0.39, 0.29) is 17.7 Å². The van der Waals surface area contributed by atoms with Crippen LogP contribution in [0.1, 0.15) is 27.2 Å². The van der Waals surface area contributed by atoms with Crippen LogP contribution in [0.2, 0.25) is 0 Å². The summed E-state index contributed by atoms with van der Waals surface area (Å²) in [5, 5.41) is 3.55. The first-order valence-electron chi connectivity index (χ1n) is 4.42. The van der Waals surface area contributed by atoms with Crippen molar-refractivity contribution in [3.63, 3.8) is 0 Å². The van der Waals surface area contributed by atoms with Crippen LogP contribution in [-0.4, -0.2) is 22.6 Å². The summed E-state index contributed by atoms with van der Waals surface area (Å²) in [4.78, 5) is 15.4. The molecule has 3 nitrogen and oxygen atoms in total. The quantitative estimate of drug-likeness (QED) is 0.680. The van der Waals surface area contributed by atoms with E-state index in [1.165, 1.54) is 0 Å². The van der Waals surface area contributed by atoms with E-state index in [2.05, 4.69) is 10.3 Å². The number of rotatable bonds is 2. The van der Waals surface area contributed by atoms with Crippen molar-refractivity contribution in [2.75, 3.05) is 0 Å². The van der Waals surface area contributed by atoms with E-state index >= 15 is 0 Å². The highest BCUT2D eigenvalue weighted by atomic mass is 32.1. The molecule has 0 amide bonds. The van der Waals surface area contributed by atoms with Gasteiger partial charge < -0.3 is 5.32 Å². The lowest BCUT2D eigenvalue weighted by Gasteiger charge is -2.29. The second-order valence-electron chi connectivity index (χ2n) is 3.31. The Balaban J connectivity index is 2.94. The monoisotopic (exact) mass is 198 g/mol. The zero-order chi connectivity index (χ0) is 10.0. The SMILES string of the molecule is CCC1NC(=S)N=C(C)C1C(C)=O. The summed E-state index contributed by atoms with van der Waals surface area (Å²) in [6, 6.07) is 0.127. The van der Waals surface area contributed by atoms with Crippen LogP contribution in [0.5, 0.6) is 0 Å². The normalized spacial score (nSPS) is 27.9. The lowest BCUT2D eigenvalue weighted by Crippen LogP contribution is -2.48. The van der Waals surface area contributed by atoms with E-state index in [0.717, 1.165) is 12.1 Å². The molecule has 0 saturated carbocycles. The van der Waals surface area contributed by atoms with Gasteiger partial charge in [0, 0.05) is 11.8 Å². The van der Waals surface area contributed by atoms with Gasteiger partial charge >= 0.3 is 0 Å². The van der Waals surface area contributed by atoms with Crippen LogP contribution < -0.4 is 5.32 Å². The molecule has 72 valence electrons. The van der Waals surface area contributed by atoms with Crippen molar-refractivity contribution in [2.45, 2.75) is 33.2 Å². The van der Waals surface area contributed by atoms with E-state index in [1.54, 1.807) is 6.92 Å². The van der Waals surface area contributed by atoms with Crippen LogP contribution in [0.4, 0.5) is 0 Å². The minimum absolute atomic E-state index is 0.100. The molecule has 13 heavy (non-hydrogen) atoms. The Morgan fingerprint density at radius 2 is 2.31 bits per heavy atom. The molecule has 1 N–H and O–H groups in total. The Labute approximate surface area is 83.6 Å². The summed E-state index contributed by atoms with van der Waals surface area (Å²) in [5.74, 6) is 0.0554. The van der Waals surface area contributed by atoms with Gasteiger partial charge in [-0.3, -0.25) is 4.79 Å². The first-order chi connectivity index (χ1) is 6.06. The van der Waals surface area contributed by atoms with E-state index in [4.69, 9.17) is 12.2 Å². The molecule has 0 bridgehead atoms. The van der Waals surface area contributed by atoms with Gasteiger partial charge in [-0.05, 0) is 32.5 Å². The molecule has 1 aliphatic heterocycles. The number of nitrogens with zero attached hydrogens (tertiary/aromatic N) is 1. The summed E-state index contributed by atoms with van der Waals surface area (Å²) in [6.45, 7) is 5.50. The highest BCUT2D eigenvalue weighted by Crippen LogP contribution is 2.15. The lowest BCUT2D eigenvalue weighted by molar-refractivity contribution is -0.119. The predicted octanol–water partition coefficient (Wildman–Crippen LogP) is 1.32. The van der Waals surface area contributed by atoms with Crippen molar-refractivity contribution >= 4 is 28.8 Å². The zero-order valence-electron chi connectivity index (χ0n) is 8.13. The summed E-state index contributed by atoms with van der Waals surface area (Å²) in [7, 11) is 0. The summed E-state index contributed by atoms with van der Waals surface area (Å²) in [6.07, 6.45) is 0.886. The van der Waals surface area contributed by atoms with E-state index < -0.39 is 0 Å². The standard InChI is InChI=1S/C9H14N2OS/c1-4-7-8(6(3)12)5(2)10-9(13)11-7/h7-8H,4H2,1-3H3,(H,11,13). The number of hydrogen-bond donors (Lipinski definition) is 1. The summed E-state index contributed by atoms with van der Waals surface area (Å²) < 4.78 is 0. The largest absolute Gasteiger partial charge is 0.357 e. The maximum atomic E-state index is 11.3. The van der Waals surface area contributed by atoms with Crippen LogP contribution in [0, 0.1) is 5.92 Å². The minimum Gasteiger partial charge on any atom is -0.357 e. The number of Topliss-reactive ketones (excluding diaryl/α,β-unsaturated/α-hetero) is 1. The fourth-order valence-corrected chi connectivity index (χ4v) is 2.01. The van der Waals surface area contributed by atoms with Gasteiger partial charge in [-0.15, -0.1) is 0 Å². The Hall–Kier alpha value is -0.770. The summed E-state index contributed by atoms with van der Waals surface area (Å²) in [5.41, 5.74) is 0.836. The lowest BCUT2D eigenvalue weighted by atomic mass is 9.89. The van der Waals surface area contributed by atoms with Crippen LogP contribution in [0.15, 0.2) is 4.99 Å². The van der Waals surface area contributed by atoms with Gasteiger partial charge in [0.15, 0.2) is 5.11 Å². The average Bonchev–Trinajstić information content (AvgIpc) is 2.01. The molecular formula is C9H14N2OS. The molecule has 0 spiro atoms. The first-order valence-corrected chi connectivity index (χ1v) is 4.83. The van der Waals surface area contributed by atoms with Crippen molar-refractivity contribution in [3.05, 3.63) is 0 Å². The third-order valence-electron chi connectivity index (χ3n) is 2.32. The average molecular weight is 198 g/mol. The number of hydrogen-bond acceptors (Lipinski definition) is 2. The van der Waals surface area contributed by atoms with Crippen molar-refractivity contribution in [1.29, 1.82) is 0 Å². The molecule has 0 aromatic heterocycles. The maximum absolute atomic E-state index is 11.3. The van der Waals surface area contributed by atoms with Crippen molar-refractivity contribution in [2.24, 2.45) is 10.9 Å². The smallest absolute Gasteiger partial charge is 0.192 e. The molecule has 1 heterocycles. The molecule has 0 aromatic rings. The predicted molar refractivity (Wildman–Crippen MR) is 57.1 cm³/mol. The third kappa shape index (κ3) is 2.12. The molecule has 4 heteroatoms. The van der Waals surface area contributed by atoms with E-state index in [9.17, 15) is 4.79 Å². The number of nitrogens with one attached hydrogen (secondary N) is 1. The number of carbonyl (C=O) groups is 1. The molecule has 0 aromatic carbocycles. The molecule has 1 aliphatic rings. The van der Waals surface area contributed by atoms with Crippen LogP contribution in [0.3, 0.4) is 0 Å². The molecule has 0 saturated heterocycles. The second kappa shape index (κ2) is 3.96. The first kappa shape index (κ1) is 10.3. The van der Waals surface area contributed by atoms with Gasteiger partial charge in [0.2, 0.25) is 0 Å². The van der Waals surface area contributed by atoms with Gasteiger partial charge in [-0.2, -0.15) is 0 Å². The highest BCUT2D eigenvalue weighted by molar-refractivity contribution is 7.80. The van der Waals surface area contributed by atoms with Crippen molar-refractivity contribution in [1.82, 2.24) is 5.32 Å². The van der Waals surface area contributed by atoms with Gasteiger partial charge in [-0.1, -0.05) is 6.92 Å². The fourth-order valence-electron chi connectivity index (χ4n) is 1.71. The second-order valence-corrected chi connectivity index (χ2v) is 3.69. The van der Waals surface area contributed by atoms with Crippen LogP contribution >= 0.6 is 12.2 Å². The fraction of sp³-hybridized carbons (Fsp3) is 0.667. The van der Waals surface area contributed by atoms with Gasteiger partial charge in [0.05, 0.1) is 5.92 Å². The van der Waals surface area contributed by atoms with Gasteiger partial charge in [-0.25, -0.2) is 4.99 Å². The zero-order valence-corrected chi connectivity index (χ0v) is 8.94. The molecule has 0 fully saturated rings. The highest BCUT2D eigenvalue weighted by Gasteiger charge is 2.30. The molecule has 0 radical (unpaired) electrons. The Kier molecular flexibility index (Phi) is 3.14. The molecular weight excluding hydrogens is 184 g/mol. The molecule has 2 atom stereocenters. The molecule has 2 unspecified atom stereocenters. The Morgan fingerprint density at radius 3 is 2.77 bits per heavy atom. The topological polar surface area (TPSA) is 41.5 Å². The Bertz CT molecular complexity index is 273. The van der Waals surface area contributed by atoms with Crippen molar-refractivity contribution in [3.8, 4) is 0 Å². The molecule has 0 aliphatic carbocycles. The van der Waals surface area contributed by atoms with Crippen LogP contribution in [-0.2, 0) is 4.79 Å². The van der Waals surface area contributed by atoms with E-state index in [1.807, 2.05) is 13.8 Å². The van der Waals surface area contributed by atoms with Gasteiger partial charge in [0.1, 0.15) is 5.78 Å². The van der Waals surface area contributed by atoms with Gasteiger partial charge in [0.25, 0.3) is 0 Å². The Morgan fingerprint density at radius 1 is 1.69 bits per heavy atom. The number of ketones is 1. The van der Waals surface area contributed by atoms with E-state index in [0.29, 0.717) is 5.11 Å². The molecule has 1 rings (SSSR count). The number of carbonyl (C=O) groups excluding carboxylic acids is 1. The summed E-state index contributed by atoms with van der Waals surface area (Å²) >= 11 is 4.96. The number of aliphatic imine (C=N–C) groups is 1. The van der Waals surface area contributed by atoms with Crippen molar-refractivity contribution < 1.29 is 4.79 Å². The third-order valence-corrected chi connectivity index (χ3v) is 2.53. The maximum Gasteiger partial charge on any atom is 0.192 e. The van der Waals surface area contributed by atoms with Crippen LogP contribution in [0.25, 0.3) is 0 Å². The minimum atomic E-state index is -0.100.